The van der Waals surface area contributed by atoms with E-state index in [0.717, 1.165) is 6.20 Å². The fraction of sp³-hybridized carbons (Fsp3) is 0. The summed E-state index contributed by atoms with van der Waals surface area (Å²) in [5, 5.41) is 2.37. The van der Waals surface area contributed by atoms with Crippen LogP contribution >= 0.6 is 11.6 Å². The molecule has 106 valence electrons. The predicted octanol–water partition coefficient (Wildman–Crippen LogP) is -0.365. The molecule has 10 nitrogen and oxygen atoms in total. The van der Waals surface area contributed by atoms with Crippen molar-refractivity contribution >= 4 is 34.6 Å². The topological polar surface area (TPSA) is 149 Å². The Morgan fingerprint density at radius 3 is 2.81 bits per heavy atom. The minimum absolute atomic E-state index is 0.0724. The molecule has 0 bridgehead atoms. The summed E-state index contributed by atoms with van der Waals surface area (Å²) < 4.78 is 0. The highest BCUT2D eigenvalue weighted by Crippen LogP contribution is 2.18. The number of rotatable bonds is 2. The van der Waals surface area contributed by atoms with Gasteiger partial charge in [0.15, 0.2) is 10.8 Å². The molecule has 0 saturated carbocycles. The standard InChI is InChI=1S/C10H6ClN7O3/c11-5-4-6(14-2-13-4)16-9(15-5)17-7(19)3-1-12-10(21)18-8(3)20/h1-2H,(H2,12,18,20,21)(H2,13,14,15,16,17,19). The van der Waals surface area contributed by atoms with E-state index in [0.29, 0.717) is 5.52 Å². The third kappa shape index (κ3) is 2.39. The van der Waals surface area contributed by atoms with Gasteiger partial charge in [0.2, 0.25) is 5.95 Å². The number of halogens is 1. The van der Waals surface area contributed by atoms with Crippen molar-refractivity contribution in [3.8, 4) is 0 Å². The molecule has 0 aliphatic heterocycles. The molecule has 3 aromatic heterocycles. The SMILES string of the molecule is O=C(Nc1nc(Cl)c2[nH]cnc2n1)c1c[nH]c(=O)[nH]c1=O. The first-order valence-electron chi connectivity index (χ1n) is 5.54. The highest BCUT2D eigenvalue weighted by Gasteiger charge is 2.14. The molecule has 1 amide bonds. The van der Waals surface area contributed by atoms with E-state index < -0.39 is 17.2 Å². The molecule has 0 atom stereocenters. The fourth-order valence-corrected chi connectivity index (χ4v) is 1.82. The maximum absolute atomic E-state index is 11.9. The molecule has 21 heavy (non-hydrogen) atoms. The molecule has 0 aliphatic carbocycles. The zero-order valence-electron chi connectivity index (χ0n) is 10.1. The first kappa shape index (κ1) is 13.0. The Kier molecular flexibility index (Phi) is 2.99. The number of aromatic amines is 3. The summed E-state index contributed by atoms with van der Waals surface area (Å²) in [7, 11) is 0. The van der Waals surface area contributed by atoms with E-state index in [4.69, 9.17) is 11.6 Å². The number of nitrogens with zero attached hydrogens (tertiary/aromatic N) is 3. The lowest BCUT2D eigenvalue weighted by molar-refractivity contribution is 0.102. The summed E-state index contributed by atoms with van der Waals surface area (Å²) in [5.74, 6) is -0.909. The molecule has 3 heterocycles. The zero-order valence-corrected chi connectivity index (χ0v) is 10.9. The maximum atomic E-state index is 11.9. The zero-order chi connectivity index (χ0) is 15.0. The number of imidazole rings is 1. The van der Waals surface area contributed by atoms with Crippen LogP contribution in [0.15, 0.2) is 22.1 Å². The van der Waals surface area contributed by atoms with Crippen LogP contribution in [0.1, 0.15) is 10.4 Å². The largest absolute Gasteiger partial charge is 0.341 e. The number of amides is 1. The molecule has 0 aliphatic rings. The van der Waals surface area contributed by atoms with Gasteiger partial charge in [-0.2, -0.15) is 9.97 Å². The number of nitrogens with one attached hydrogen (secondary N) is 4. The predicted molar refractivity (Wildman–Crippen MR) is 72.3 cm³/mol. The molecular formula is C10H6ClN7O3. The average Bonchev–Trinajstić information content (AvgIpc) is 2.87. The van der Waals surface area contributed by atoms with Gasteiger partial charge in [0.05, 0.1) is 6.33 Å². The smallest absolute Gasteiger partial charge is 0.325 e. The van der Waals surface area contributed by atoms with Gasteiger partial charge < -0.3 is 9.97 Å². The van der Waals surface area contributed by atoms with E-state index in [1.807, 2.05) is 4.98 Å². The molecule has 3 aromatic rings. The van der Waals surface area contributed by atoms with Crippen molar-refractivity contribution in [1.82, 2.24) is 29.9 Å². The summed E-state index contributed by atoms with van der Waals surface area (Å²) in [5.41, 5.74) is -1.15. The first-order chi connectivity index (χ1) is 10.0. The van der Waals surface area contributed by atoms with Crippen LogP contribution in [-0.4, -0.2) is 35.8 Å². The van der Waals surface area contributed by atoms with Gasteiger partial charge in [-0.3, -0.25) is 19.9 Å². The number of hydrogen-bond acceptors (Lipinski definition) is 6. The molecule has 0 fully saturated rings. The van der Waals surface area contributed by atoms with Gasteiger partial charge in [-0.1, -0.05) is 11.6 Å². The van der Waals surface area contributed by atoms with Crippen molar-refractivity contribution in [2.24, 2.45) is 0 Å². The summed E-state index contributed by atoms with van der Waals surface area (Å²) in [4.78, 5) is 52.9. The molecule has 0 unspecified atom stereocenters. The van der Waals surface area contributed by atoms with Crippen LogP contribution in [0.3, 0.4) is 0 Å². The first-order valence-corrected chi connectivity index (χ1v) is 5.92. The van der Waals surface area contributed by atoms with Gasteiger partial charge in [0, 0.05) is 6.20 Å². The average molecular weight is 308 g/mol. The normalized spacial score (nSPS) is 10.7. The van der Waals surface area contributed by atoms with Crippen LogP contribution in [0.4, 0.5) is 5.95 Å². The molecule has 3 rings (SSSR count). The van der Waals surface area contributed by atoms with Crippen LogP contribution in [0.25, 0.3) is 11.2 Å². The van der Waals surface area contributed by atoms with Gasteiger partial charge in [0.1, 0.15) is 11.1 Å². The molecule has 0 saturated heterocycles. The minimum Gasteiger partial charge on any atom is -0.341 e. The summed E-state index contributed by atoms with van der Waals surface area (Å²) in [6.45, 7) is 0. The number of H-pyrrole nitrogens is 3. The molecule has 4 N–H and O–H groups in total. The maximum Gasteiger partial charge on any atom is 0.325 e. The second-order valence-corrected chi connectivity index (χ2v) is 4.24. The quantitative estimate of drug-likeness (QED) is 0.475. The summed E-state index contributed by atoms with van der Waals surface area (Å²) in [6.07, 6.45) is 2.37. The van der Waals surface area contributed by atoms with E-state index in [1.165, 1.54) is 6.33 Å². The monoisotopic (exact) mass is 307 g/mol. The van der Waals surface area contributed by atoms with Crippen LogP contribution in [0.2, 0.25) is 5.15 Å². The number of carbonyl (C=O) groups is 1. The van der Waals surface area contributed by atoms with Crippen molar-refractivity contribution in [3.63, 3.8) is 0 Å². The number of anilines is 1. The van der Waals surface area contributed by atoms with Crippen LogP contribution in [-0.2, 0) is 0 Å². The Morgan fingerprint density at radius 1 is 1.24 bits per heavy atom. The number of fused-ring (bicyclic) bond motifs is 1. The van der Waals surface area contributed by atoms with Crippen molar-refractivity contribution in [1.29, 1.82) is 0 Å². The Bertz CT molecular complexity index is 957. The van der Waals surface area contributed by atoms with Crippen LogP contribution in [0, 0.1) is 0 Å². The molecule has 0 spiro atoms. The molecule has 0 aromatic carbocycles. The van der Waals surface area contributed by atoms with Crippen molar-refractivity contribution in [2.45, 2.75) is 0 Å². The Hall–Kier alpha value is -3.01. The minimum atomic E-state index is -0.830. The lowest BCUT2D eigenvalue weighted by Gasteiger charge is -2.03. The van der Waals surface area contributed by atoms with Gasteiger partial charge in [-0.15, -0.1) is 0 Å². The van der Waals surface area contributed by atoms with Crippen molar-refractivity contribution < 1.29 is 4.79 Å². The summed E-state index contributed by atoms with van der Waals surface area (Å²) >= 11 is 5.90. The van der Waals surface area contributed by atoms with E-state index >= 15 is 0 Å². The van der Waals surface area contributed by atoms with Crippen LogP contribution < -0.4 is 16.6 Å². The summed E-state index contributed by atoms with van der Waals surface area (Å²) in [6, 6.07) is 0. The van der Waals surface area contributed by atoms with E-state index in [1.54, 1.807) is 0 Å². The Balaban J connectivity index is 1.96. The van der Waals surface area contributed by atoms with E-state index in [2.05, 4.69) is 30.2 Å². The number of aromatic nitrogens is 6. The highest BCUT2D eigenvalue weighted by molar-refractivity contribution is 6.33. The van der Waals surface area contributed by atoms with Gasteiger partial charge >= 0.3 is 5.69 Å². The van der Waals surface area contributed by atoms with Gasteiger partial charge in [0.25, 0.3) is 11.5 Å². The van der Waals surface area contributed by atoms with Crippen molar-refractivity contribution in [2.75, 3.05) is 5.32 Å². The van der Waals surface area contributed by atoms with Crippen LogP contribution in [0.5, 0.6) is 0 Å². The number of carbonyl (C=O) groups excluding carboxylic acids is 1. The molecular weight excluding hydrogens is 302 g/mol. The third-order valence-electron chi connectivity index (χ3n) is 2.53. The lowest BCUT2D eigenvalue weighted by atomic mass is 10.3. The lowest BCUT2D eigenvalue weighted by Crippen LogP contribution is -2.30. The number of hydrogen-bond donors (Lipinski definition) is 4. The van der Waals surface area contributed by atoms with Crippen molar-refractivity contribution in [3.05, 3.63) is 44.1 Å². The fourth-order valence-electron chi connectivity index (χ4n) is 1.60. The van der Waals surface area contributed by atoms with Gasteiger partial charge in [-0.25, -0.2) is 9.78 Å². The van der Waals surface area contributed by atoms with E-state index in [9.17, 15) is 14.4 Å². The van der Waals surface area contributed by atoms with E-state index in [-0.39, 0.29) is 22.3 Å². The molecule has 0 radical (unpaired) electrons. The third-order valence-corrected chi connectivity index (χ3v) is 2.80. The second kappa shape index (κ2) is 4.83. The second-order valence-electron chi connectivity index (χ2n) is 3.88. The van der Waals surface area contributed by atoms with Gasteiger partial charge in [-0.05, 0) is 0 Å². The Labute approximate surface area is 119 Å². The molecule has 11 heteroatoms. The Morgan fingerprint density at radius 2 is 2.05 bits per heavy atom. The highest BCUT2D eigenvalue weighted by atomic mass is 35.5.